The van der Waals surface area contributed by atoms with E-state index in [1.807, 2.05) is 0 Å². The topological polar surface area (TPSA) is 37.3 Å². The van der Waals surface area contributed by atoms with Crippen LogP contribution in [-0.4, -0.2) is 11.1 Å². The van der Waals surface area contributed by atoms with Crippen LogP contribution in [0.5, 0.6) is 0 Å². The molecular weight excluding hydrogens is 212 g/mol. The summed E-state index contributed by atoms with van der Waals surface area (Å²) in [6, 6.07) is 0. The van der Waals surface area contributed by atoms with Crippen molar-refractivity contribution in [3.8, 4) is 0 Å². The Morgan fingerprint density at radius 1 is 0.765 bits per heavy atom. The van der Waals surface area contributed by atoms with Crippen LogP contribution >= 0.6 is 0 Å². The Hall–Kier alpha value is -0.530. The molecule has 0 atom stereocenters. The monoisotopic (exact) mass is 244 g/mol. The van der Waals surface area contributed by atoms with Crippen molar-refractivity contribution in [1.29, 1.82) is 0 Å². The number of carboxylic acids is 1. The summed E-state index contributed by atoms with van der Waals surface area (Å²) in [4.78, 5) is 10.3. The van der Waals surface area contributed by atoms with Crippen molar-refractivity contribution in [2.24, 2.45) is 0 Å². The summed E-state index contributed by atoms with van der Waals surface area (Å²) in [7, 11) is 0. The molecule has 0 aromatic heterocycles. The van der Waals surface area contributed by atoms with E-state index in [-0.39, 0.29) is 7.43 Å². The molecule has 1 N–H and O–H groups in total. The summed E-state index contributed by atoms with van der Waals surface area (Å²) < 4.78 is 0. The van der Waals surface area contributed by atoms with E-state index < -0.39 is 5.97 Å². The summed E-state index contributed by atoms with van der Waals surface area (Å²) in [6.45, 7) is 2.25. The van der Waals surface area contributed by atoms with Crippen LogP contribution in [0.3, 0.4) is 0 Å². The first-order valence-electron chi connectivity index (χ1n) is 6.99. The second-order valence-electron chi connectivity index (χ2n) is 4.68. The molecule has 0 saturated carbocycles. The minimum Gasteiger partial charge on any atom is -0.481 e. The maximum absolute atomic E-state index is 10.3. The highest BCUT2D eigenvalue weighted by atomic mass is 16.4. The summed E-state index contributed by atoms with van der Waals surface area (Å²) >= 11 is 0. The van der Waals surface area contributed by atoms with E-state index in [9.17, 15) is 4.79 Å². The number of hydrogen-bond acceptors (Lipinski definition) is 1. The average Bonchev–Trinajstić information content (AvgIpc) is 2.25. The van der Waals surface area contributed by atoms with Gasteiger partial charge in [0, 0.05) is 6.42 Å². The first-order chi connectivity index (χ1) is 7.77. The van der Waals surface area contributed by atoms with E-state index in [0.29, 0.717) is 6.42 Å². The Kier molecular flexibility index (Phi) is 17.1. The molecule has 0 unspecified atom stereocenters. The zero-order chi connectivity index (χ0) is 12.1. The summed E-state index contributed by atoms with van der Waals surface area (Å²) in [5, 5.41) is 8.46. The van der Waals surface area contributed by atoms with Gasteiger partial charge in [0.2, 0.25) is 0 Å². The molecule has 0 amide bonds. The SMILES string of the molecule is C.CCCCCCCCCCCCCC(=O)O. The highest BCUT2D eigenvalue weighted by Gasteiger charge is 1.96. The lowest BCUT2D eigenvalue weighted by Gasteiger charge is -2.01. The molecule has 0 aliphatic carbocycles. The number of unbranched alkanes of at least 4 members (excludes halogenated alkanes) is 10. The molecule has 0 heterocycles. The van der Waals surface area contributed by atoms with Gasteiger partial charge in [0.25, 0.3) is 0 Å². The lowest BCUT2D eigenvalue weighted by molar-refractivity contribution is -0.137. The molecule has 0 aliphatic rings. The Morgan fingerprint density at radius 3 is 1.47 bits per heavy atom. The Labute approximate surface area is 108 Å². The van der Waals surface area contributed by atoms with Gasteiger partial charge in [-0.2, -0.15) is 0 Å². The predicted molar refractivity (Wildman–Crippen MR) is 75.4 cm³/mol. The average molecular weight is 244 g/mol. The molecule has 0 radical (unpaired) electrons. The fourth-order valence-electron chi connectivity index (χ4n) is 1.94. The van der Waals surface area contributed by atoms with Crippen molar-refractivity contribution in [3.05, 3.63) is 0 Å². The Balaban J connectivity index is 0. The summed E-state index contributed by atoms with van der Waals surface area (Å²) in [5.74, 6) is -0.657. The summed E-state index contributed by atoms with van der Waals surface area (Å²) in [6.07, 6.45) is 14.4. The van der Waals surface area contributed by atoms with E-state index >= 15 is 0 Å². The van der Waals surface area contributed by atoms with Crippen molar-refractivity contribution in [1.82, 2.24) is 0 Å². The minimum atomic E-state index is -0.657. The van der Waals surface area contributed by atoms with Gasteiger partial charge in [-0.15, -0.1) is 0 Å². The fourth-order valence-corrected chi connectivity index (χ4v) is 1.94. The van der Waals surface area contributed by atoms with Crippen LogP contribution in [0.1, 0.15) is 91.4 Å². The number of aliphatic carboxylic acids is 1. The molecule has 0 aromatic rings. The molecule has 17 heavy (non-hydrogen) atoms. The van der Waals surface area contributed by atoms with E-state index in [4.69, 9.17) is 5.11 Å². The van der Waals surface area contributed by atoms with Gasteiger partial charge >= 0.3 is 5.97 Å². The van der Waals surface area contributed by atoms with Gasteiger partial charge in [-0.3, -0.25) is 4.79 Å². The fraction of sp³-hybridized carbons (Fsp3) is 0.933. The van der Waals surface area contributed by atoms with Crippen molar-refractivity contribution in [2.75, 3.05) is 0 Å². The summed E-state index contributed by atoms with van der Waals surface area (Å²) in [5.41, 5.74) is 0. The Morgan fingerprint density at radius 2 is 1.12 bits per heavy atom. The molecule has 2 heteroatoms. The lowest BCUT2D eigenvalue weighted by Crippen LogP contribution is -1.93. The van der Waals surface area contributed by atoms with Gasteiger partial charge in [-0.25, -0.2) is 0 Å². The van der Waals surface area contributed by atoms with Gasteiger partial charge in [-0.05, 0) is 6.42 Å². The highest BCUT2D eigenvalue weighted by molar-refractivity contribution is 5.66. The minimum absolute atomic E-state index is 0. The van der Waals surface area contributed by atoms with Crippen molar-refractivity contribution < 1.29 is 9.90 Å². The van der Waals surface area contributed by atoms with Crippen LogP contribution in [0.4, 0.5) is 0 Å². The second-order valence-corrected chi connectivity index (χ2v) is 4.68. The maximum Gasteiger partial charge on any atom is 0.303 e. The first kappa shape index (κ1) is 18.8. The number of carbonyl (C=O) groups is 1. The third-order valence-electron chi connectivity index (χ3n) is 2.99. The third-order valence-corrected chi connectivity index (χ3v) is 2.99. The largest absolute Gasteiger partial charge is 0.481 e. The van der Waals surface area contributed by atoms with Crippen molar-refractivity contribution in [3.63, 3.8) is 0 Å². The highest BCUT2D eigenvalue weighted by Crippen LogP contribution is 2.11. The molecular formula is C15H32O2. The number of carboxylic acid groups (broad SMARTS) is 1. The molecule has 0 aliphatic heterocycles. The van der Waals surface area contributed by atoms with Crippen LogP contribution in [0.15, 0.2) is 0 Å². The molecule has 0 fully saturated rings. The first-order valence-corrected chi connectivity index (χ1v) is 6.99. The normalized spacial score (nSPS) is 9.94. The van der Waals surface area contributed by atoms with Gasteiger partial charge < -0.3 is 5.11 Å². The van der Waals surface area contributed by atoms with Gasteiger partial charge in [0.05, 0.1) is 0 Å². The van der Waals surface area contributed by atoms with Gasteiger partial charge in [-0.1, -0.05) is 78.6 Å². The standard InChI is InChI=1S/C14H28O2.CH4/c1-2-3-4-5-6-7-8-9-10-11-12-13-14(15)16;/h2-13H2,1H3,(H,15,16);1H4. The molecule has 0 saturated heterocycles. The van der Waals surface area contributed by atoms with E-state index in [0.717, 1.165) is 12.8 Å². The van der Waals surface area contributed by atoms with E-state index in [1.54, 1.807) is 0 Å². The van der Waals surface area contributed by atoms with Crippen LogP contribution in [0.2, 0.25) is 0 Å². The number of hydrogen-bond donors (Lipinski definition) is 1. The van der Waals surface area contributed by atoms with Crippen LogP contribution in [-0.2, 0) is 4.79 Å². The Bertz CT molecular complexity index is 155. The lowest BCUT2D eigenvalue weighted by atomic mass is 10.1. The number of rotatable bonds is 12. The maximum atomic E-state index is 10.3. The van der Waals surface area contributed by atoms with Crippen LogP contribution < -0.4 is 0 Å². The van der Waals surface area contributed by atoms with Gasteiger partial charge in [0.1, 0.15) is 0 Å². The van der Waals surface area contributed by atoms with Crippen LogP contribution in [0.25, 0.3) is 0 Å². The zero-order valence-electron chi connectivity index (χ0n) is 10.8. The molecule has 0 aromatic carbocycles. The van der Waals surface area contributed by atoms with E-state index in [2.05, 4.69) is 6.92 Å². The second kappa shape index (κ2) is 15.5. The van der Waals surface area contributed by atoms with Crippen molar-refractivity contribution in [2.45, 2.75) is 91.4 Å². The van der Waals surface area contributed by atoms with E-state index in [1.165, 1.54) is 57.8 Å². The zero-order valence-corrected chi connectivity index (χ0v) is 10.8. The quantitative estimate of drug-likeness (QED) is 0.466. The van der Waals surface area contributed by atoms with Crippen molar-refractivity contribution >= 4 is 5.97 Å². The predicted octanol–water partition coefficient (Wildman–Crippen LogP) is 5.41. The van der Waals surface area contributed by atoms with Gasteiger partial charge in [0.15, 0.2) is 0 Å². The molecule has 104 valence electrons. The molecule has 0 spiro atoms. The molecule has 0 bridgehead atoms. The smallest absolute Gasteiger partial charge is 0.303 e. The molecule has 0 rings (SSSR count). The third kappa shape index (κ3) is 18.1. The van der Waals surface area contributed by atoms with Crippen LogP contribution in [0, 0.1) is 0 Å². The molecule has 2 nitrogen and oxygen atoms in total.